The molecule has 1 aliphatic carbocycles. The van der Waals surface area contributed by atoms with Crippen molar-refractivity contribution in [2.45, 2.75) is 43.7 Å². The largest absolute Gasteiger partial charge is 0.344 e. The summed E-state index contributed by atoms with van der Waals surface area (Å²) in [6.07, 6.45) is 2.96. The van der Waals surface area contributed by atoms with Crippen molar-refractivity contribution in [3.8, 4) is 0 Å². The van der Waals surface area contributed by atoms with Gasteiger partial charge in [0.2, 0.25) is 0 Å². The topological polar surface area (TPSA) is 61.6 Å². The van der Waals surface area contributed by atoms with Crippen LogP contribution in [-0.4, -0.2) is 16.8 Å². The molecule has 1 spiro atoms. The van der Waals surface area contributed by atoms with E-state index in [1.165, 1.54) is 6.07 Å². The fraction of sp³-hybridized carbons (Fsp3) is 0.500. The van der Waals surface area contributed by atoms with Crippen molar-refractivity contribution in [2.24, 2.45) is 0 Å². The van der Waals surface area contributed by atoms with Crippen molar-refractivity contribution >= 4 is 5.69 Å². The molecular weight excluding hydrogens is 246 g/mol. The highest BCUT2D eigenvalue weighted by atomic mass is 16.8. The van der Waals surface area contributed by atoms with Crippen molar-refractivity contribution in [3.05, 3.63) is 46.9 Å². The summed E-state index contributed by atoms with van der Waals surface area (Å²) in [5, 5.41) is 11.1. The Kier molecular flexibility index (Phi) is 3.03. The second kappa shape index (κ2) is 4.58. The van der Waals surface area contributed by atoms with Gasteiger partial charge < -0.3 is 9.47 Å². The molecule has 5 nitrogen and oxygen atoms in total. The number of nitro benzene ring substituents is 1. The van der Waals surface area contributed by atoms with Crippen LogP contribution in [0.15, 0.2) is 24.3 Å². The fourth-order valence-corrected chi connectivity index (χ4v) is 2.98. The lowest BCUT2D eigenvalue weighted by Gasteiger charge is -2.21. The number of benzene rings is 1. The van der Waals surface area contributed by atoms with E-state index in [0.717, 1.165) is 25.7 Å². The minimum absolute atomic E-state index is 0.0693. The van der Waals surface area contributed by atoms with E-state index in [0.29, 0.717) is 5.56 Å². The number of para-hydroxylation sites is 1. The van der Waals surface area contributed by atoms with Gasteiger partial charge in [0.05, 0.1) is 16.6 Å². The Morgan fingerprint density at radius 3 is 2.63 bits per heavy atom. The van der Waals surface area contributed by atoms with Gasteiger partial charge in [-0.05, 0) is 25.8 Å². The lowest BCUT2D eigenvalue weighted by atomic mass is 10.0. The van der Waals surface area contributed by atoms with Crippen LogP contribution in [0.5, 0.6) is 0 Å². The lowest BCUT2D eigenvalue weighted by molar-refractivity contribution is -0.386. The third-order valence-electron chi connectivity index (χ3n) is 3.85. The van der Waals surface area contributed by atoms with Crippen LogP contribution in [0.2, 0.25) is 0 Å². The van der Waals surface area contributed by atoms with Crippen molar-refractivity contribution in [1.82, 2.24) is 0 Å². The summed E-state index contributed by atoms with van der Waals surface area (Å²) < 4.78 is 11.9. The van der Waals surface area contributed by atoms with Gasteiger partial charge in [0.25, 0.3) is 5.69 Å². The summed E-state index contributed by atoms with van der Waals surface area (Å²) in [4.78, 5) is 10.7. The molecule has 1 saturated heterocycles. The van der Waals surface area contributed by atoms with Crippen LogP contribution in [0.1, 0.15) is 37.4 Å². The van der Waals surface area contributed by atoms with E-state index in [9.17, 15) is 10.1 Å². The van der Waals surface area contributed by atoms with Crippen LogP contribution < -0.4 is 0 Å². The molecular formula is C14H16NO4. The molecule has 2 atom stereocenters. The molecule has 1 radical (unpaired) electrons. The number of nitrogens with zero attached hydrogens (tertiary/aromatic N) is 1. The first-order valence-electron chi connectivity index (χ1n) is 6.53. The van der Waals surface area contributed by atoms with E-state index >= 15 is 0 Å². The molecule has 0 bridgehead atoms. The van der Waals surface area contributed by atoms with E-state index in [1.54, 1.807) is 18.2 Å². The second-order valence-electron chi connectivity index (χ2n) is 5.13. The molecule has 2 fully saturated rings. The molecule has 0 N–H and O–H groups in total. The fourth-order valence-electron chi connectivity index (χ4n) is 2.98. The Morgan fingerprint density at radius 2 is 1.95 bits per heavy atom. The van der Waals surface area contributed by atoms with Crippen LogP contribution in [-0.2, 0) is 9.47 Å². The zero-order valence-electron chi connectivity index (χ0n) is 10.6. The van der Waals surface area contributed by atoms with Gasteiger partial charge in [0.1, 0.15) is 6.10 Å². The molecule has 0 aromatic heterocycles. The van der Waals surface area contributed by atoms with Crippen LogP contribution in [0.25, 0.3) is 0 Å². The Labute approximate surface area is 111 Å². The molecule has 3 rings (SSSR count). The van der Waals surface area contributed by atoms with Crippen LogP contribution in [0.3, 0.4) is 0 Å². The first-order chi connectivity index (χ1) is 9.11. The average molecular weight is 262 g/mol. The highest BCUT2D eigenvalue weighted by Gasteiger charge is 2.49. The molecule has 1 aliphatic heterocycles. The molecule has 1 heterocycles. The number of rotatable bonds is 2. The van der Waals surface area contributed by atoms with Gasteiger partial charge in [0.15, 0.2) is 5.79 Å². The third kappa shape index (κ3) is 2.13. The zero-order chi connectivity index (χ0) is 13.5. The molecule has 2 aliphatic rings. The molecule has 101 valence electrons. The Hall–Kier alpha value is -1.46. The zero-order valence-corrected chi connectivity index (χ0v) is 10.6. The van der Waals surface area contributed by atoms with Gasteiger partial charge in [-0.3, -0.25) is 10.1 Å². The van der Waals surface area contributed by atoms with Gasteiger partial charge in [-0.1, -0.05) is 12.1 Å². The number of ether oxygens (including phenoxy) is 2. The van der Waals surface area contributed by atoms with Gasteiger partial charge in [0, 0.05) is 18.9 Å². The summed E-state index contributed by atoms with van der Waals surface area (Å²) in [5.41, 5.74) is 0.621. The Morgan fingerprint density at radius 1 is 1.26 bits per heavy atom. The maximum Gasteiger partial charge on any atom is 0.275 e. The predicted molar refractivity (Wildman–Crippen MR) is 68.4 cm³/mol. The van der Waals surface area contributed by atoms with Gasteiger partial charge in [-0.2, -0.15) is 0 Å². The first kappa shape index (κ1) is 12.6. The van der Waals surface area contributed by atoms with Gasteiger partial charge in [-0.15, -0.1) is 0 Å². The van der Waals surface area contributed by atoms with E-state index in [-0.39, 0.29) is 10.6 Å². The molecule has 1 aromatic carbocycles. The second-order valence-corrected chi connectivity index (χ2v) is 5.13. The van der Waals surface area contributed by atoms with Crippen LogP contribution >= 0.6 is 0 Å². The number of nitro groups is 1. The van der Waals surface area contributed by atoms with Crippen LogP contribution in [0, 0.1) is 17.0 Å². The Balaban J connectivity index is 1.92. The summed E-state index contributed by atoms with van der Waals surface area (Å²) in [5.74, 6) is -0.569. The maximum atomic E-state index is 11.1. The molecule has 19 heavy (non-hydrogen) atoms. The molecule has 5 heteroatoms. The predicted octanol–water partition coefficient (Wildman–Crippen LogP) is 3.16. The standard InChI is InChI=1S/C14H16NO4/c1-10-13(19-14(18-10)8-4-5-9-14)11-6-2-3-7-12(11)15(16)17/h2-3,6-7,10,13H,1,4-5,8-9H2/t10-,13+/m1/s1. The normalized spacial score (nSPS) is 28.9. The summed E-state index contributed by atoms with van der Waals surface area (Å²) in [6.45, 7) is 3.94. The number of hydrogen-bond donors (Lipinski definition) is 0. The molecule has 1 saturated carbocycles. The van der Waals surface area contributed by atoms with Crippen molar-refractivity contribution < 1.29 is 14.4 Å². The van der Waals surface area contributed by atoms with Crippen LogP contribution in [0.4, 0.5) is 5.69 Å². The van der Waals surface area contributed by atoms with Gasteiger partial charge in [-0.25, -0.2) is 0 Å². The summed E-state index contributed by atoms with van der Waals surface area (Å²) in [6, 6.07) is 6.64. The molecule has 0 unspecified atom stereocenters. The summed E-state index contributed by atoms with van der Waals surface area (Å²) in [7, 11) is 0. The Bertz CT molecular complexity index is 496. The molecule has 0 amide bonds. The SMILES string of the molecule is [CH2][C@H]1OC2(CCCC2)O[C@@H]1c1ccccc1[N+](=O)[O-]. The van der Waals surface area contributed by atoms with Crippen molar-refractivity contribution in [1.29, 1.82) is 0 Å². The van der Waals surface area contributed by atoms with E-state index in [2.05, 4.69) is 6.92 Å². The maximum absolute atomic E-state index is 11.1. The monoisotopic (exact) mass is 262 g/mol. The van der Waals surface area contributed by atoms with E-state index in [4.69, 9.17) is 9.47 Å². The minimum atomic E-state index is -0.569. The quantitative estimate of drug-likeness (QED) is 0.606. The minimum Gasteiger partial charge on any atom is -0.344 e. The third-order valence-corrected chi connectivity index (χ3v) is 3.85. The lowest BCUT2D eigenvalue weighted by Crippen LogP contribution is -2.26. The first-order valence-corrected chi connectivity index (χ1v) is 6.53. The number of hydrogen-bond acceptors (Lipinski definition) is 4. The van der Waals surface area contributed by atoms with Gasteiger partial charge >= 0.3 is 0 Å². The highest BCUT2D eigenvalue weighted by molar-refractivity contribution is 5.42. The van der Waals surface area contributed by atoms with Crippen molar-refractivity contribution in [2.75, 3.05) is 0 Å². The average Bonchev–Trinajstić information content (AvgIpc) is 2.97. The summed E-state index contributed by atoms with van der Waals surface area (Å²) >= 11 is 0. The molecule has 1 aromatic rings. The smallest absolute Gasteiger partial charge is 0.275 e. The van der Waals surface area contributed by atoms with E-state index in [1.807, 2.05) is 0 Å². The van der Waals surface area contributed by atoms with E-state index < -0.39 is 18.0 Å². The highest BCUT2D eigenvalue weighted by Crippen LogP contribution is 2.48. The van der Waals surface area contributed by atoms with Crippen molar-refractivity contribution in [3.63, 3.8) is 0 Å².